The van der Waals surface area contributed by atoms with Crippen molar-refractivity contribution in [2.45, 2.75) is 27.2 Å². The van der Waals surface area contributed by atoms with Crippen LogP contribution in [0.5, 0.6) is 0 Å². The molecule has 0 saturated heterocycles. The van der Waals surface area contributed by atoms with Crippen LogP contribution in [0.15, 0.2) is 5.38 Å². The number of thiazole rings is 1. The van der Waals surface area contributed by atoms with E-state index in [0.29, 0.717) is 5.69 Å². The third-order valence-corrected chi connectivity index (χ3v) is 2.73. The number of Topliss-reactive ketones (excluding diaryl/α,β-unsaturated/α-hetero) is 1. The lowest BCUT2D eigenvalue weighted by Gasteiger charge is -2.15. The Labute approximate surface area is 93.3 Å². The van der Waals surface area contributed by atoms with E-state index in [9.17, 15) is 4.79 Å². The van der Waals surface area contributed by atoms with Crippen LogP contribution in [-0.4, -0.2) is 16.6 Å². The first-order valence-corrected chi connectivity index (χ1v) is 5.87. The van der Waals surface area contributed by atoms with Gasteiger partial charge >= 0.3 is 0 Å². The molecule has 0 N–H and O–H groups in total. The number of hydrogen-bond acceptors (Lipinski definition) is 3. The van der Waals surface area contributed by atoms with Crippen molar-refractivity contribution in [3.63, 3.8) is 0 Å². The number of aromatic nitrogens is 1. The second-order valence-corrected chi connectivity index (χ2v) is 5.63. The fourth-order valence-electron chi connectivity index (χ4n) is 1.04. The molecule has 0 unspecified atom stereocenters. The SMILES string of the molecule is CC(C)(C)Cc1nc(C(=O)CCl)cs1. The standard InChI is InChI=1S/C10H14ClNOS/c1-10(2,3)4-9-12-7(6-14-9)8(13)5-11/h6H,4-5H2,1-3H3. The molecule has 0 aliphatic carbocycles. The van der Waals surface area contributed by atoms with Gasteiger partial charge in [0.15, 0.2) is 5.78 Å². The molecule has 0 radical (unpaired) electrons. The molecule has 1 aromatic heterocycles. The molecule has 78 valence electrons. The van der Waals surface area contributed by atoms with Gasteiger partial charge in [0.25, 0.3) is 0 Å². The van der Waals surface area contributed by atoms with E-state index >= 15 is 0 Å². The summed E-state index contributed by atoms with van der Waals surface area (Å²) in [5, 5.41) is 2.79. The molecule has 0 spiro atoms. The maximum atomic E-state index is 11.2. The van der Waals surface area contributed by atoms with Gasteiger partial charge in [0.2, 0.25) is 0 Å². The van der Waals surface area contributed by atoms with Gasteiger partial charge in [-0.3, -0.25) is 4.79 Å². The normalized spacial score (nSPS) is 11.7. The van der Waals surface area contributed by atoms with Gasteiger partial charge in [0.1, 0.15) is 5.69 Å². The second-order valence-electron chi connectivity index (χ2n) is 4.42. The van der Waals surface area contributed by atoms with E-state index in [-0.39, 0.29) is 17.1 Å². The zero-order valence-electron chi connectivity index (χ0n) is 8.63. The molecule has 0 aliphatic rings. The van der Waals surface area contributed by atoms with E-state index in [0.717, 1.165) is 11.4 Å². The molecule has 0 aliphatic heterocycles. The summed E-state index contributed by atoms with van der Waals surface area (Å²) in [6.45, 7) is 6.45. The van der Waals surface area contributed by atoms with Crippen LogP contribution in [0.2, 0.25) is 0 Å². The number of rotatable bonds is 3. The topological polar surface area (TPSA) is 30.0 Å². The minimum atomic E-state index is -0.0944. The average molecular weight is 232 g/mol. The van der Waals surface area contributed by atoms with Gasteiger partial charge in [-0.1, -0.05) is 20.8 Å². The quantitative estimate of drug-likeness (QED) is 0.591. The second kappa shape index (κ2) is 4.41. The van der Waals surface area contributed by atoms with Crippen molar-refractivity contribution < 1.29 is 4.79 Å². The van der Waals surface area contributed by atoms with Crippen molar-refractivity contribution in [1.29, 1.82) is 0 Å². The maximum Gasteiger partial charge on any atom is 0.196 e. The number of hydrogen-bond donors (Lipinski definition) is 0. The van der Waals surface area contributed by atoms with Gasteiger partial charge in [-0.05, 0) is 5.41 Å². The summed E-state index contributed by atoms with van der Waals surface area (Å²) in [4.78, 5) is 15.5. The Morgan fingerprint density at radius 3 is 2.71 bits per heavy atom. The molecule has 0 fully saturated rings. The fourth-order valence-corrected chi connectivity index (χ4v) is 2.28. The average Bonchev–Trinajstić information content (AvgIpc) is 2.48. The van der Waals surface area contributed by atoms with Crippen LogP contribution in [0.4, 0.5) is 0 Å². The van der Waals surface area contributed by atoms with Crippen molar-refractivity contribution in [2.24, 2.45) is 5.41 Å². The Kier molecular flexibility index (Phi) is 3.67. The largest absolute Gasteiger partial charge is 0.291 e. The minimum Gasteiger partial charge on any atom is -0.291 e. The lowest BCUT2D eigenvalue weighted by molar-refractivity contribution is 0.101. The molecule has 1 rings (SSSR count). The third kappa shape index (κ3) is 3.39. The van der Waals surface area contributed by atoms with E-state index in [2.05, 4.69) is 25.8 Å². The van der Waals surface area contributed by atoms with Crippen LogP contribution in [0.3, 0.4) is 0 Å². The van der Waals surface area contributed by atoms with Crippen molar-refractivity contribution >= 4 is 28.7 Å². The van der Waals surface area contributed by atoms with Crippen LogP contribution in [-0.2, 0) is 6.42 Å². The van der Waals surface area contributed by atoms with E-state index in [1.165, 1.54) is 11.3 Å². The summed E-state index contributed by atoms with van der Waals surface area (Å²) in [6, 6.07) is 0. The predicted molar refractivity (Wildman–Crippen MR) is 60.3 cm³/mol. The Morgan fingerprint density at radius 1 is 1.57 bits per heavy atom. The zero-order valence-corrected chi connectivity index (χ0v) is 10.2. The molecule has 1 aromatic rings. The number of alkyl halides is 1. The zero-order chi connectivity index (χ0) is 10.8. The number of nitrogens with zero attached hydrogens (tertiary/aromatic N) is 1. The van der Waals surface area contributed by atoms with Crippen molar-refractivity contribution in [3.05, 3.63) is 16.1 Å². The highest BCUT2D eigenvalue weighted by Crippen LogP contribution is 2.23. The summed E-state index contributed by atoms with van der Waals surface area (Å²) >= 11 is 6.97. The predicted octanol–water partition coefficient (Wildman–Crippen LogP) is 3.15. The van der Waals surface area contributed by atoms with E-state index in [1.54, 1.807) is 5.38 Å². The molecule has 14 heavy (non-hydrogen) atoms. The summed E-state index contributed by atoms with van der Waals surface area (Å²) < 4.78 is 0. The first-order chi connectivity index (χ1) is 6.42. The Bertz CT molecular complexity index is 327. The van der Waals surface area contributed by atoms with Crippen LogP contribution in [0, 0.1) is 5.41 Å². The molecule has 4 heteroatoms. The Balaban J connectivity index is 2.74. The Morgan fingerprint density at radius 2 is 2.21 bits per heavy atom. The number of halogens is 1. The Hall–Kier alpha value is -0.410. The molecule has 0 amide bonds. The van der Waals surface area contributed by atoms with Crippen LogP contribution >= 0.6 is 22.9 Å². The van der Waals surface area contributed by atoms with Crippen molar-refractivity contribution in [3.8, 4) is 0 Å². The summed E-state index contributed by atoms with van der Waals surface area (Å²) in [6.07, 6.45) is 0.896. The van der Waals surface area contributed by atoms with Crippen molar-refractivity contribution in [1.82, 2.24) is 4.98 Å². The summed E-state index contributed by atoms with van der Waals surface area (Å²) in [5.74, 6) is -0.0818. The number of carbonyl (C=O) groups is 1. The smallest absolute Gasteiger partial charge is 0.196 e. The van der Waals surface area contributed by atoms with E-state index in [4.69, 9.17) is 11.6 Å². The van der Waals surface area contributed by atoms with Crippen LogP contribution in [0.1, 0.15) is 36.3 Å². The van der Waals surface area contributed by atoms with Gasteiger partial charge in [-0.15, -0.1) is 22.9 Å². The lowest BCUT2D eigenvalue weighted by Crippen LogP contribution is -2.09. The van der Waals surface area contributed by atoms with Gasteiger partial charge in [0.05, 0.1) is 10.9 Å². The van der Waals surface area contributed by atoms with Crippen LogP contribution < -0.4 is 0 Å². The summed E-state index contributed by atoms with van der Waals surface area (Å²) in [7, 11) is 0. The van der Waals surface area contributed by atoms with Gasteiger partial charge in [-0.2, -0.15) is 0 Å². The molecule has 2 nitrogen and oxygen atoms in total. The summed E-state index contributed by atoms with van der Waals surface area (Å²) in [5.41, 5.74) is 0.711. The molecule has 0 saturated carbocycles. The van der Waals surface area contributed by atoms with Gasteiger partial charge in [-0.25, -0.2) is 4.98 Å². The molecule has 0 atom stereocenters. The number of ketones is 1. The third-order valence-electron chi connectivity index (χ3n) is 1.64. The fraction of sp³-hybridized carbons (Fsp3) is 0.600. The van der Waals surface area contributed by atoms with Gasteiger partial charge in [0, 0.05) is 11.8 Å². The molecule has 0 bridgehead atoms. The van der Waals surface area contributed by atoms with E-state index < -0.39 is 0 Å². The van der Waals surface area contributed by atoms with Crippen LogP contribution in [0.25, 0.3) is 0 Å². The molecule has 1 heterocycles. The monoisotopic (exact) mass is 231 g/mol. The highest BCUT2D eigenvalue weighted by molar-refractivity contribution is 7.09. The minimum absolute atomic E-state index is 0.0126. The highest BCUT2D eigenvalue weighted by Gasteiger charge is 2.15. The maximum absolute atomic E-state index is 11.2. The molecular formula is C10H14ClNOS. The molecule has 0 aromatic carbocycles. The number of carbonyl (C=O) groups excluding carboxylic acids is 1. The van der Waals surface area contributed by atoms with Gasteiger partial charge < -0.3 is 0 Å². The molecular weight excluding hydrogens is 218 g/mol. The first-order valence-electron chi connectivity index (χ1n) is 4.46. The van der Waals surface area contributed by atoms with Crippen molar-refractivity contribution in [2.75, 3.05) is 5.88 Å². The van der Waals surface area contributed by atoms with E-state index in [1.807, 2.05) is 0 Å². The lowest BCUT2D eigenvalue weighted by atomic mass is 9.93. The first kappa shape index (κ1) is 11.7. The highest BCUT2D eigenvalue weighted by atomic mass is 35.5.